The highest BCUT2D eigenvalue weighted by Gasteiger charge is 2.30. The standard InChI is InChI=1S/C20H32N4O.HI/c1-4-21-20(23-17-9-10-17)22-14-16-6-5-13-24(2)19(16)15-7-11-18(25-3)12-8-15;/h7-8,11-12,16-17,19H,4-6,9-10,13-14H2,1-3H3,(H2,21,22,23);1H. The Morgan fingerprint density at radius 2 is 1.96 bits per heavy atom. The van der Waals surface area contributed by atoms with E-state index in [0.29, 0.717) is 18.0 Å². The molecule has 146 valence electrons. The minimum absolute atomic E-state index is 0. The average molecular weight is 472 g/mol. The van der Waals surface area contributed by atoms with E-state index in [9.17, 15) is 0 Å². The molecule has 2 N–H and O–H groups in total. The second kappa shape index (κ2) is 10.3. The number of likely N-dealkylation sites (tertiary alicyclic amines) is 1. The number of hydrogen-bond donors (Lipinski definition) is 2. The summed E-state index contributed by atoms with van der Waals surface area (Å²) >= 11 is 0. The normalized spacial score (nSPS) is 23.9. The molecule has 1 aromatic rings. The predicted octanol–water partition coefficient (Wildman–Crippen LogP) is 3.41. The van der Waals surface area contributed by atoms with Gasteiger partial charge >= 0.3 is 0 Å². The molecule has 3 rings (SSSR count). The van der Waals surface area contributed by atoms with Gasteiger partial charge in [-0.2, -0.15) is 0 Å². The number of benzene rings is 1. The van der Waals surface area contributed by atoms with Crippen LogP contribution >= 0.6 is 24.0 Å². The Labute approximate surface area is 175 Å². The van der Waals surface area contributed by atoms with Gasteiger partial charge in [0.05, 0.1) is 7.11 Å². The van der Waals surface area contributed by atoms with Crippen LogP contribution in [0.5, 0.6) is 5.75 Å². The fourth-order valence-electron chi connectivity index (χ4n) is 3.73. The number of aliphatic imine (C=N–C) groups is 1. The number of nitrogens with one attached hydrogen (secondary N) is 2. The minimum atomic E-state index is 0. The van der Waals surface area contributed by atoms with Crippen molar-refractivity contribution in [1.29, 1.82) is 0 Å². The molecule has 1 aromatic carbocycles. The van der Waals surface area contributed by atoms with E-state index in [0.717, 1.165) is 31.3 Å². The van der Waals surface area contributed by atoms with E-state index in [1.165, 1.54) is 31.2 Å². The summed E-state index contributed by atoms with van der Waals surface area (Å²) in [7, 11) is 3.95. The lowest BCUT2D eigenvalue weighted by Crippen LogP contribution is -2.40. The lowest BCUT2D eigenvalue weighted by molar-refractivity contribution is 0.125. The van der Waals surface area contributed by atoms with E-state index in [4.69, 9.17) is 9.73 Å². The van der Waals surface area contributed by atoms with Gasteiger partial charge in [0.1, 0.15) is 5.75 Å². The predicted molar refractivity (Wildman–Crippen MR) is 119 cm³/mol. The van der Waals surface area contributed by atoms with E-state index in [1.807, 2.05) is 0 Å². The van der Waals surface area contributed by atoms with Crippen LogP contribution in [0.1, 0.15) is 44.2 Å². The summed E-state index contributed by atoms with van der Waals surface area (Å²) in [4.78, 5) is 7.38. The molecule has 1 heterocycles. The van der Waals surface area contributed by atoms with Crippen molar-refractivity contribution in [3.05, 3.63) is 29.8 Å². The summed E-state index contributed by atoms with van der Waals surface area (Å²) in [5.74, 6) is 2.44. The van der Waals surface area contributed by atoms with Gasteiger partial charge < -0.3 is 15.4 Å². The number of guanidine groups is 1. The SMILES string of the molecule is CCNC(=NCC1CCCN(C)C1c1ccc(OC)cc1)NC1CC1.I. The molecule has 2 unspecified atom stereocenters. The number of methoxy groups -OCH3 is 1. The molecule has 0 amide bonds. The molecule has 1 aliphatic carbocycles. The van der Waals surface area contributed by atoms with Crippen LogP contribution in [0.4, 0.5) is 0 Å². The molecule has 26 heavy (non-hydrogen) atoms. The fraction of sp³-hybridized carbons (Fsp3) is 0.650. The maximum absolute atomic E-state index is 5.31. The Bertz CT molecular complexity index is 574. The second-order valence-electron chi connectivity index (χ2n) is 7.24. The molecule has 1 aliphatic heterocycles. The van der Waals surface area contributed by atoms with Crippen LogP contribution in [-0.4, -0.2) is 50.7 Å². The van der Waals surface area contributed by atoms with Crippen LogP contribution in [0.15, 0.2) is 29.3 Å². The lowest BCUT2D eigenvalue weighted by atomic mass is 9.85. The smallest absolute Gasteiger partial charge is 0.191 e. The maximum atomic E-state index is 5.31. The zero-order valence-electron chi connectivity index (χ0n) is 16.2. The van der Waals surface area contributed by atoms with Gasteiger partial charge in [0.2, 0.25) is 0 Å². The van der Waals surface area contributed by atoms with Crippen LogP contribution in [0.25, 0.3) is 0 Å². The van der Waals surface area contributed by atoms with Crippen molar-refractivity contribution in [1.82, 2.24) is 15.5 Å². The third-order valence-corrected chi connectivity index (χ3v) is 5.21. The first-order valence-corrected chi connectivity index (χ1v) is 9.60. The largest absolute Gasteiger partial charge is 0.497 e. The average Bonchev–Trinajstić information content (AvgIpc) is 3.44. The van der Waals surface area contributed by atoms with Crippen molar-refractivity contribution in [3.63, 3.8) is 0 Å². The molecule has 1 saturated carbocycles. The Hall–Kier alpha value is -1.02. The molecule has 0 radical (unpaired) electrons. The number of piperidine rings is 1. The van der Waals surface area contributed by atoms with Crippen LogP contribution < -0.4 is 15.4 Å². The van der Waals surface area contributed by atoms with Gasteiger partial charge in [-0.3, -0.25) is 9.89 Å². The first-order valence-electron chi connectivity index (χ1n) is 9.60. The molecule has 2 aliphatic rings. The number of rotatable bonds is 6. The van der Waals surface area contributed by atoms with Gasteiger partial charge in [-0.05, 0) is 69.8 Å². The van der Waals surface area contributed by atoms with Crippen molar-refractivity contribution in [2.45, 2.75) is 44.7 Å². The van der Waals surface area contributed by atoms with Gasteiger partial charge in [0.15, 0.2) is 5.96 Å². The van der Waals surface area contributed by atoms with Gasteiger partial charge in [-0.25, -0.2) is 0 Å². The fourth-order valence-corrected chi connectivity index (χ4v) is 3.73. The van der Waals surface area contributed by atoms with Crippen molar-refractivity contribution < 1.29 is 4.74 Å². The van der Waals surface area contributed by atoms with Crippen LogP contribution in [0.2, 0.25) is 0 Å². The van der Waals surface area contributed by atoms with Crippen molar-refractivity contribution >= 4 is 29.9 Å². The first kappa shape index (κ1) is 21.3. The zero-order chi connectivity index (χ0) is 17.6. The summed E-state index contributed by atoms with van der Waals surface area (Å²) < 4.78 is 5.31. The molecule has 5 nitrogen and oxygen atoms in total. The summed E-state index contributed by atoms with van der Waals surface area (Å²) in [6.45, 7) is 5.05. The molecular formula is C20H33IN4O. The van der Waals surface area contributed by atoms with E-state index >= 15 is 0 Å². The second-order valence-corrected chi connectivity index (χ2v) is 7.24. The molecular weight excluding hydrogens is 439 g/mol. The van der Waals surface area contributed by atoms with Crippen LogP contribution in [-0.2, 0) is 0 Å². The monoisotopic (exact) mass is 472 g/mol. The zero-order valence-corrected chi connectivity index (χ0v) is 18.5. The number of nitrogens with zero attached hydrogens (tertiary/aromatic N) is 2. The van der Waals surface area contributed by atoms with Crippen molar-refractivity contribution in [3.8, 4) is 5.75 Å². The molecule has 6 heteroatoms. The molecule has 2 atom stereocenters. The van der Waals surface area contributed by atoms with E-state index < -0.39 is 0 Å². The molecule has 1 saturated heterocycles. The molecule has 0 spiro atoms. The third kappa shape index (κ3) is 5.74. The highest BCUT2D eigenvalue weighted by atomic mass is 127. The summed E-state index contributed by atoms with van der Waals surface area (Å²) in [6.07, 6.45) is 5.01. The minimum Gasteiger partial charge on any atom is -0.497 e. The topological polar surface area (TPSA) is 48.9 Å². The summed E-state index contributed by atoms with van der Waals surface area (Å²) in [6, 6.07) is 9.59. The Morgan fingerprint density at radius 3 is 2.58 bits per heavy atom. The van der Waals surface area contributed by atoms with E-state index in [1.54, 1.807) is 7.11 Å². The number of ether oxygens (including phenoxy) is 1. The molecule has 0 aromatic heterocycles. The summed E-state index contributed by atoms with van der Waals surface area (Å²) in [5.41, 5.74) is 1.36. The maximum Gasteiger partial charge on any atom is 0.191 e. The van der Waals surface area contributed by atoms with Crippen LogP contribution in [0.3, 0.4) is 0 Å². The van der Waals surface area contributed by atoms with E-state index in [-0.39, 0.29) is 24.0 Å². The van der Waals surface area contributed by atoms with Crippen molar-refractivity contribution in [2.24, 2.45) is 10.9 Å². The van der Waals surface area contributed by atoms with Gasteiger partial charge in [-0.1, -0.05) is 12.1 Å². The van der Waals surface area contributed by atoms with E-state index in [2.05, 4.69) is 53.8 Å². The highest BCUT2D eigenvalue weighted by Crippen LogP contribution is 2.35. The Kier molecular flexibility index (Phi) is 8.47. The van der Waals surface area contributed by atoms with Gasteiger partial charge in [0, 0.05) is 25.2 Å². The highest BCUT2D eigenvalue weighted by molar-refractivity contribution is 14.0. The van der Waals surface area contributed by atoms with Gasteiger partial charge in [0.25, 0.3) is 0 Å². The summed E-state index contributed by atoms with van der Waals surface area (Å²) in [5, 5.41) is 6.90. The molecule has 0 bridgehead atoms. The molecule has 2 fully saturated rings. The number of hydrogen-bond acceptors (Lipinski definition) is 3. The van der Waals surface area contributed by atoms with Crippen molar-refractivity contribution in [2.75, 3.05) is 33.8 Å². The number of halogens is 1. The quantitative estimate of drug-likeness (QED) is 0.379. The van der Waals surface area contributed by atoms with Crippen LogP contribution in [0, 0.1) is 5.92 Å². The van der Waals surface area contributed by atoms with Gasteiger partial charge in [-0.15, -0.1) is 24.0 Å². The third-order valence-electron chi connectivity index (χ3n) is 5.21. The first-order chi connectivity index (χ1) is 12.2. The Balaban J connectivity index is 0.00000243. The lowest BCUT2D eigenvalue weighted by Gasteiger charge is -2.39. The Morgan fingerprint density at radius 1 is 1.23 bits per heavy atom.